The molecular weight excluding hydrogens is 436 g/mol. The second kappa shape index (κ2) is 8.27. The summed E-state index contributed by atoms with van der Waals surface area (Å²) in [7, 11) is 2.83. The quantitative estimate of drug-likeness (QED) is 0.565. The van der Waals surface area contributed by atoms with Crippen molar-refractivity contribution in [2.24, 2.45) is 0 Å². The van der Waals surface area contributed by atoms with Crippen LogP contribution < -0.4 is 4.74 Å². The molecule has 0 amide bonds. The van der Waals surface area contributed by atoms with Gasteiger partial charge in [-0.05, 0) is 30.7 Å². The molecule has 31 heavy (non-hydrogen) atoms. The smallest absolute Gasteiger partial charge is 0.281 e. The second-order valence-electron chi connectivity index (χ2n) is 7.73. The number of para-hydroxylation sites is 2. The molecule has 4 rings (SSSR count). The molecule has 0 radical (unpaired) electrons. The molecule has 1 unspecified atom stereocenters. The summed E-state index contributed by atoms with van der Waals surface area (Å²) in [4.78, 5) is 0. The number of methoxy groups -OCH3 is 1. The van der Waals surface area contributed by atoms with Crippen LogP contribution in [0.3, 0.4) is 0 Å². The minimum Gasteiger partial charge on any atom is -0.494 e. The first-order valence-corrected chi connectivity index (χ1v) is 11.7. The first-order valence-electron chi connectivity index (χ1n) is 9.89. The van der Waals surface area contributed by atoms with Crippen molar-refractivity contribution in [2.75, 3.05) is 28.3 Å². The summed E-state index contributed by atoms with van der Waals surface area (Å²) in [6.07, 6.45) is 1.12. The van der Waals surface area contributed by atoms with E-state index in [9.17, 15) is 8.42 Å². The van der Waals surface area contributed by atoms with E-state index in [2.05, 4.69) is 0 Å². The van der Waals surface area contributed by atoms with Crippen LogP contribution in [0.4, 0.5) is 0 Å². The van der Waals surface area contributed by atoms with Gasteiger partial charge in [-0.1, -0.05) is 35.9 Å². The Labute approximate surface area is 188 Å². The molecule has 1 atom stereocenters. The molecule has 0 aliphatic heterocycles. The van der Waals surface area contributed by atoms with Gasteiger partial charge in [0, 0.05) is 49.8 Å². The first kappa shape index (κ1) is 21.8. The number of fused-ring (bicyclic) bond motifs is 1. The average Bonchev–Trinajstić information content (AvgIpc) is 3.31. The van der Waals surface area contributed by atoms with E-state index in [1.807, 2.05) is 53.2 Å². The van der Waals surface area contributed by atoms with E-state index in [0.29, 0.717) is 23.6 Å². The van der Waals surface area contributed by atoms with E-state index >= 15 is 0 Å². The Balaban J connectivity index is 1.83. The number of rotatable bonds is 6. The molecule has 1 aromatic heterocycles. The average molecular weight is 461 g/mol. The lowest BCUT2D eigenvalue weighted by molar-refractivity contribution is 0.347. The summed E-state index contributed by atoms with van der Waals surface area (Å²) in [6, 6.07) is 15.1. The number of aromatic nitrogens is 2. The van der Waals surface area contributed by atoms with E-state index < -0.39 is 10.2 Å². The Bertz CT molecular complexity index is 1210. The van der Waals surface area contributed by atoms with Gasteiger partial charge in [0.05, 0.1) is 18.5 Å². The van der Waals surface area contributed by atoms with Crippen molar-refractivity contribution in [3.63, 3.8) is 0 Å². The lowest BCUT2D eigenvalue weighted by atomic mass is 10.1. The Morgan fingerprint density at radius 1 is 1.06 bits per heavy atom. The minimum atomic E-state index is -3.52. The highest BCUT2D eigenvalue weighted by atomic mass is 35.5. The van der Waals surface area contributed by atoms with Gasteiger partial charge in [-0.2, -0.15) is 22.1 Å². The van der Waals surface area contributed by atoms with Crippen molar-refractivity contribution in [2.45, 2.75) is 18.9 Å². The van der Waals surface area contributed by atoms with Crippen molar-refractivity contribution in [1.29, 1.82) is 0 Å². The molecule has 0 N–H and O–H groups in total. The molecule has 1 aliphatic carbocycles. The first-order chi connectivity index (χ1) is 14.7. The third-order valence-electron chi connectivity index (χ3n) is 5.71. The van der Waals surface area contributed by atoms with Gasteiger partial charge < -0.3 is 4.74 Å². The van der Waals surface area contributed by atoms with Crippen molar-refractivity contribution in [3.05, 3.63) is 64.8 Å². The Morgan fingerprint density at radius 2 is 1.74 bits per heavy atom. The van der Waals surface area contributed by atoms with E-state index in [1.54, 1.807) is 28.3 Å². The number of halogens is 1. The zero-order valence-electron chi connectivity index (χ0n) is 17.9. The molecule has 0 fully saturated rings. The fourth-order valence-electron chi connectivity index (χ4n) is 3.99. The lowest BCUT2D eigenvalue weighted by Gasteiger charge is -2.27. The van der Waals surface area contributed by atoms with Gasteiger partial charge in [0.1, 0.15) is 11.4 Å². The van der Waals surface area contributed by atoms with Crippen LogP contribution in [0.15, 0.2) is 48.5 Å². The van der Waals surface area contributed by atoms with Gasteiger partial charge in [-0.3, -0.25) is 0 Å². The number of nitrogens with zero attached hydrogens (tertiary/aromatic N) is 4. The predicted molar refractivity (Wildman–Crippen MR) is 122 cm³/mol. The highest BCUT2D eigenvalue weighted by molar-refractivity contribution is 7.86. The van der Waals surface area contributed by atoms with Crippen LogP contribution >= 0.6 is 11.6 Å². The maximum absolute atomic E-state index is 12.6. The van der Waals surface area contributed by atoms with Gasteiger partial charge in [0.25, 0.3) is 10.2 Å². The zero-order valence-corrected chi connectivity index (χ0v) is 19.5. The van der Waals surface area contributed by atoms with Crippen LogP contribution in [-0.4, -0.2) is 61.1 Å². The van der Waals surface area contributed by atoms with Gasteiger partial charge in [-0.25, -0.2) is 4.68 Å². The molecule has 1 heterocycles. The molecule has 0 spiro atoms. The predicted octanol–water partition coefficient (Wildman–Crippen LogP) is 3.41. The fraction of sp³-hybridized carbons (Fsp3) is 0.318. The summed E-state index contributed by atoms with van der Waals surface area (Å²) in [6.45, 7) is 0. The highest BCUT2D eigenvalue weighted by Crippen LogP contribution is 2.38. The third kappa shape index (κ3) is 3.85. The Morgan fingerprint density at radius 3 is 2.39 bits per heavy atom. The maximum atomic E-state index is 12.6. The van der Waals surface area contributed by atoms with E-state index in [4.69, 9.17) is 21.4 Å². The molecule has 0 saturated heterocycles. The Hall–Kier alpha value is -2.39. The van der Waals surface area contributed by atoms with Crippen LogP contribution in [0.5, 0.6) is 5.75 Å². The van der Waals surface area contributed by atoms with E-state index in [1.165, 1.54) is 8.61 Å². The SMILES string of the molecule is COc1ccccc1-n1nc2c(c1-c1ccc(Cl)cc1)CC(N(C)S(=O)(=O)N(C)C)C2. The number of benzene rings is 2. The molecular formula is C22H25ClN4O3S. The zero-order chi connectivity index (χ0) is 22.3. The largest absolute Gasteiger partial charge is 0.494 e. The van der Waals surface area contributed by atoms with E-state index in [-0.39, 0.29) is 6.04 Å². The summed E-state index contributed by atoms with van der Waals surface area (Å²) in [5.74, 6) is 0.711. The topological polar surface area (TPSA) is 67.7 Å². The molecule has 9 heteroatoms. The monoisotopic (exact) mass is 460 g/mol. The lowest BCUT2D eigenvalue weighted by Crippen LogP contribution is -2.44. The number of hydrogen-bond acceptors (Lipinski definition) is 4. The van der Waals surface area contributed by atoms with Gasteiger partial charge >= 0.3 is 0 Å². The summed E-state index contributed by atoms with van der Waals surface area (Å²) < 4.78 is 35.4. The van der Waals surface area contributed by atoms with E-state index in [0.717, 1.165) is 28.2 Å². The van der Waals surface area contributed by atoms with Crippen LogP contribution in [0.1, 0.15) is 11.3 Å². The van der Waals surface area contributed by atoms with Gasteiger partial charge in [0.2, 0.25) is 0 Å². The standard InChI is InChI=1S/C22H25ClN4O3S/c1-25(2)31(28,29)26(3)17-13-18-19(14-17)24-27(20-7-5-6-8-21(20)30-4)22(18)15-9-11-16(23)12-10-15/h5-12,17H,13-14H2,1-4H3. The minimum absolute atomic E-state index is 0.191. The fourth-order valence-corrected chi connectivity index (χ4v) is 5.16. The molecule has 2 aromatic carbocycles. The molecule has 3 aromatic rings. The van der Waals surface area contributed by atoms with Crippen LogP contribution in [0.2, 0.25) is 5.02 Å². The van der Waals surface area contributed by atoms with Crippen molar-refractivity contribution < 1.29 is 13.2 Å². The Kier molecular flexibility index (Phi) is 5.83. The third-order valence-corrected chi connectivity index (χ3v) is 7.91. The maximum Gasteiger partial charge on any atom is 0.281 e. The molecule has 1 aliphatic rings. The summed E-state index contributed by atoms with van der Waals surface area (Å²) in [5, 5.41) is 5.55. The molecule has 164 valence electrons. The molecule has 0 bridgehead atoms. The van der Waals surface area contributed by atoms with Crippen molar-refractivity contribution in [1.82, 2.24) is 18.4 Å². The molecule has 7 nitrogen and oxygen atoms in total. The van der Waals surface area contributed by atoms with Crippen LogP contribution in [0, 0.1) is 0 Å². The van der Waals surface area contributed by atoms with Crippen molar-refractivity contribution in [3.8, 4) is 22.7 Å². The van der Waals surface area contributed by atoms with Crippen molar-refractivity contribution >= 4 is 21.8 Å². The van der Waals surface area contributed by atoms with Crippen LogP contribution in [0.25, 0.3) is 16.9 Å². The van der Waals surface area contributed by atoms with Crippen LogP contribution in [-0.2, 0) is 23.1 Å². The number of hydrogen-bond donors (Lipinski definition) is 0. The molecule has 0 saturated carbocycles. The number of likely N-dealkylation sites (N-methyl/N-ethyl adjacent to an activating group) is 1. The normalized spacial score (nSPS) is 16.2. The van der Waals surface area contributed by atoms with Gasteiger partial charge in [0.15, 0.2) is 0 Å². The second-order valence-corrected chi connectivity index (χ2v) is 10.4. The number of ether oxygens (including phenoxy) is 1. The summed E-state index contributed by atoms with van der Waals surface area (Å²) in [5.41, 5.74) is 4.65. The van der Waals surface area contributed by atoms with Gasteiger partial charge in [-0.15, -0.1) is 0 Å². The summed E-state index contributed by atoms with van der Waals surface area (Å²) >= 11 is 6.12. The highest BCUT2D eigenvalue weighted by Gasteiger charge is 2.37.